The van der Waals surface area contributed by atoms with Crippen molar-refractivity contribution < 1.29 is 4.79 Å². The zero-order valence-corrected chi connectivity index (χ0v) is 16.2. The van der Waals surface area contributed by atoms with Crippen LogP contribution in [-0.2, 0) is 0 Å². The first-order valence-corrected chi connectivity index (χ1v) is 9.72. The number of rotatable bonds is 6. The molecule has 3 rings (SSSR count). The van der Waals surface area contributed by atoms with Crippen molar-refractivity contribution in [1.82, 2.24) is 0 Å². The minimum absolute atomic E-state index is 0.0728. The summed E-state index contributed by atoms with van der Waals surface area (Å²) >= 11 is 13.8. The van der Waals surface area contributed by atoms with Crippen LogP contribution in [0.15, 0.2) is 77.7 Å². The van der Waals surface area contributed by atoms with Crippen LogP contribution in [0, 0.1) is 0 Å². The first kappa shape index (κ1) is 18.8. The Morgan fingerprint density at radius 1 is 0.923 bits per heavy atom. The highest BCUT2D eigenvalue weighted by Crippen LogP contribution is 2.42. The van der Waals surface area contributed by atoms with Gasteiger partial charge in [-0.1, -0.05) is 71.7 Å². The molecule has 0 aromatic heterocycles. The summed E-state index contributed by atoms with van der Waals surface area (Å²) in [5.41, 5.74) is 8.41. The highest BCUT2D eigenvalue weighted by atomic mass is 35.5. The fourth-order valence-electron chi connectivity index (χ4n) is 2.59. The van der Waals surface area contributed by atoms with Gasteiger partial charge in [-0.2, -0.15) is 0 Å². The average Bonchev–Trinajstić information content (AvgIpc) is 2.66. The van der Waals surface area contributed by atoms with E-state index in [0.29, 0.717) is 27.7 Å². The quantitative estimate of drug-likeness (QED) is 0.284. The van der Waals surface area contributed by atoms with Crippen LogP contribution in [-0.4, -0.2) is 5.78 Å². The van der Waals surface area contributed by atoms with Gasteiger partial charge in [0.25, 0.3) is 0 Å². The van der Waals surface area contributed by atoms with Crippen molar-refractivity contribution in [2.75, 3.05) is 5.73 Å². The first-order chi connectivity index (χ1) is 12.5. The molecule has 0 bridgehead atoms. The van der Waals surface area contributed by atoms with Crippen LogP contribution in [0.5, 0.6) is 0 Å². The number of Topliss-reactive ketones (excluding diaryl/α,β-unsaturated/α-hetero) is 1. The maximum atomic E-state index is 12.8. The predicted molar refractivity (Wildman–Crippen MR) is 111 cm³/mol. The highest BCUT2D eigenvalue weighted by molar-refractivity contribution is 7.99. The Labute approximate surface area is 167 Å². The number of hydrogen-bond acceptors (Lipinski definition) is 3. The van der Waals surface area contributed by atoms with Crippen molar-refractivity contribution in [3.8, 4) is 0 Å². The lowest BCUT2D eigenvalue weighted by Gasteiger charge is -2.18. The summed E-state index contributed by atoms with van der Waals surface area (Å²) in [5, 5.41) is 0.845. The molecular weight excluding hydrogens is 385 g/mol. The van der Waals surface area contributed by atoms with E-state index in [4.69, 9.17) is 28.9 Å². The Kier molecular flexibility index (Phi) is 6.25. The van der Waals surface area contributed by atoms with Crippen molar-refractivity contribution in [2.24, 2.45) is 0 Å². The summed E-state index contributed by atoms with van der Waals surface area (Å²) in [6, 6.07) is 22.4. The molecule has 0 unspecified atom stereocenters. The van der Waals surface area contributed by atoms with E-state index < -0.39 is 0 Å². The second kappa shape index (κ2) is 8.63. The van der Waals surface area contributed by atoms with Crippen LogP contribution in [0.25, 0.3) is 0 Å². The number of anilines is 1. The summed E-state index contributed by atoms with van der Waals surface area (Å²) in [6.45, 7) is 0. The molecule has 26 heavy (non-hydrogen) atoms. The SMILES string of the molecule is Nc1ccccc1S[C@@H](CC(=O)c1ccccc1)c1ccc(Cl)c(Cl)c1. The summed E-state index contributed by atoms with van der Waals surface area (Å²) < 4.78 is 0. The van der Waals surface area contributed by atoms with Gasteiger partial charge in [0.15, 0.2) is 5.78 Å². The highest BCUT2D eigenvalue weighted by Gasteiger charge is 2.20. The molecule has 0 spiro atoms. The van der Waals surface area contributed by atoms with Gasteiger partial charge in [-0.15, -0.1) is 11.8 Å². The topological polar surface area (TPSA) is 43.1 Å². The Morgan fingerprint density at radius 3 is 2.31 bits per heavy atom. The molecule has 0 saturated carbocycles. The molecule has 2 nitrogen and oxygen atoms in total. The van der Waals surface area contributed by atoms with E-state index in [2.05, 4.69) is 0 Å². The normalized spacial score (nSPS) is 11.9. The third-order valence-corrected chi connectivity index (χ3v) is 6.06. The van der Waals surface area contributed by atoms with Gasteiger partial charge in [-0.05, 0) is 29.8 Å². The van der Waals surface area contributed by atoms with Gasteiger partial charge >= 0.3 is 0 Å². The summed E-state index contributed by atoms with van der Waals surface area (Å²) in [6.07, 6.45) is 0.334. The lowest BCUT2D eigenvalue weighted by atomic mass is 10.0. The molecule has 0 aliphatic carbocycles. The zero-order valence-electron chi connectivity index (χ0n) is 13.9. The van der Waals surface area contributed by atoms with Gasteiger partial charge < -0.3 is 5.73 Å². The smallest absolute Gasteiger partial charge is 0.164 e. The Morgan fingerprint density at radius 2 is 1.62 bits per heavy atom. The molecule has 0 fully saturated rings. The van der Waals surface area contributed by atoms with Gasteiger partial charge in [0, 0.05) is 27.8 Å². The third-order valence-electron chi connectivity index (χ3n) is 3.97. The molecule has 0 aliphatic heterocycles. The lowest BCUT2D eigenvalue weighted by Crippen LogP contribution is -2.06. The molecular formula is C21H17Cl2NOS. The molecule has 5 heteroatoms. The predicted octanol–water partition coefficient (Wildman–Crippen LogP) is 6.68. The second-order valence-electron chi connectivity index (χ2n) is 5.81. The van der Waals surface area contributed by atoms with Crippen LogP contribution in [0.4, 0.5) is 5.69 Å². The molecule has 0 heterocycles. The van der Waals surface area contributed by atoms with E-state index in [1.54, 1.807) is 17.8 Å². The standard InChI is InChI=1S/C21H17Cl2NOS/c22-16-11-10-15(12-17(16)23)21(26-20-9-5-4-8-18(20)24)13-19(25)14-6-2-1-3-7-14/h1-12,21H,13,24H2/t21-/m0/s1. The van der Waals surface area contributed by atoms with E-state index in [0.717, 1.165) is 10.5 Å². The minimum atomic E-state index is -0.123. The Balaban J connectivity index is 1.91. The van der Waals surface area contributed by atoms with E-state index in [1.165, 1.54) is 0 Å². The molecule has 3 aromatic carbocycles. The van der Waals surface area contributed by atoms with Crippen LogP contribution in [0.3, 0.4) is 0 Å². The number of nitrogens with two attached hydrogens (primary N) is 1. The molecule has 0 radical (unpaired) electrons. The van der Waals surface area contributed by atoms with Crippen molar-refractivity contribution in [2.45, 2.75) is 16.6 Å². The van der Waals surface area contributed by atoms with E-state index in [1.807, 2.05) is 66.7 Å². The molecule has 0 amide bonds. The Hall–Kier alpha value is -1.94. The lowest BCUT2D eigenvalue weighted by molar-refractivity contribution is 0.0982. The number of thioether (sulfide) groups is 1. The first-order valence-electron chi connectivity index (χ1n) is 8.09. The van der Waals surface area contributed by atoms with Crippen molar-refractivity contribution in [3.63, 3.8) is 0 Å². The van der Waals surface area contributed by atoms with E-state index >= 15 is 0 Å². The number of ketones is 1. The molecule has 132 valence electrons. The van der Waals surface area contributed by atoms with E-state index in [-0.39, 0.29) is 11.0 Å². The minimum Gasteiger partial charge on any atom is -0.398 e. The fourth-order valence-corrected chi connectivity index (χ4v) is 4.08. The zero-order chi connectivity index (χ0) is 18.5. The molecule has 0 aliphatic rings. The number of benzene rings is 3. The summed E-state index contributed by atoms with van der Waals surface area (Å²) in [4.78, 5) is 13.7. The van der Waals surface area contributed by atoms with Crippen LogP contribution >= 0.6 is 35.0 Å². The summed E-state index contributed by atoms with van der Waals surface area (Å²) in [7, 11) is 0. The maximum Gasteiger partial charge on any atom is 0.164 e. The van der Waals surface area contributed by atoms with Crippen LogP contribution in [0.2, 0.25) is 10.0 Å². The number of para-hydroxylation sites is 1. The largest absolute Gasteiger partial charge is 0.398 e. The van der Waals surface area contributed by atoms with Gasteiger partial charge in [0.05, 0.1) is 10.0 Å². The second-order valence-corrected chi connectivity index (χ2v) is 7.87. The summed E-state index contributed by atoms with van der Waals surface area (Å²) in [5.74, 6) is 0.0728. The van der Waals surface area contributed by atoms with E-state index in [9.17, 15) is 4.79 Å². The van der Waals surface area contributed by atoms with Crippen LogP contribution in [0.1, 0.15) is 27.6 Å². The molecule has 3 aromatic rings. The number of hydrogen-bond donors (Lipinski definition) is 1. The van der Waals surface area contributed by atoms with Gasteiger partial charge in [-0.25, -0.2) is 0 Å². The number of halogens is 2. The fraction of sp³-hybridized carbons (Fsp3) is 0.0952. The average molecular weight is 402 g/mol. The molecule has 1 atom stereocenters. The number of carbonyl (C=O) groups excluding carboxylic acids is 1. The molecule has 0 saturated heterocycles. The van der Waals surface area contributed by atoms with Crippen molar-refractivity contribution in [3.05, 3.63) is 94.0 Å². The maximum absolute atomic E-state index is 12.8. The monoisotopic (exact) mass is 401 g/mol. The molecule has 2 N–H and O–H groups in total. The van der Waals surface area contributed by atoms with Crippen molar-refractivity contribution >= 4 is 46.4 Å². The number of nitrogen functional groups attached to an aromatic ring is 1. The van der Waals surface area contributed by atoms with Gasteiger partial charge in [0.1, 0.15) is 0 Å². The third kappa shape index (κ3) is 4.61. The van der Waals surface area contributed by atoms with Gasteiger partial charge in [0.2, 0.25) is 0 Å². The van der Waals surface area contributed by atoms with Crippen molar-refractivity contribution in [1.29, 1.82) is 0 Å². The number of carbonyl (C=O) groups is 1. The van der Waals surface area contributed by atoms with Crippen LogP contribution < -0.4 is 5.73 Å². The van der Waals surface area contributed by atoms with Gasteiger partial charge in [-0.3, -0.25) is 4.79 Å². The Bertz CT molecular complexity index is 915.